The van der Waals surface area contributed by atoms with Crippen molar-refractivity contribution in [1.82, 2.24) is 10.3 Å². The number of nitrogens with one attached hydrogen (secondary N) is 1. The van der Waals surface area contributed by atoms with Gasteiger partial charge in [-0.1, -0.05) is 0 Å². The molecule has 16 heavy (non-hydrogen) atoms. The lowest BCUT2D eigenvalue weighted by Crippen LogP contribution is -2.46. The fraction of sp³-hybridized carbons (Fsp3) is 0.400. The average Bonchev–Trinajstić information content (AvgIpc) is 2.30. The number of hydrogen-bond acceptors (Lipinski definition) is 3. The molecule has 0 aromatic carbocycles. The van der Waals surface area contributed by atoms with Crippen LogP contribution in [0.3, 0.4) is 0 Å². The van der Waals surface area contributed by atoms with Crippen molar-refractivity contribution in [3.63, 3.8) is 0 Å². The van der Waals surface area contributed by atoms with Crippen LogP contribution in [0.5, 0.6) is 0 Å². The number of carbonyl (C=O) groups excluding carboxylic acids is 1. The van der Waals surface area contributed by atoms with Crippen molar-refractivity contribution < 1.29 is 4.79 Å². The minimum Gasteiger partial charge on any atom is -0.338 e. The number of aromatic nitrogens is 1. The molecule has 1 aromatic rings. The Morgan fingerprint density at radius 2 is 2.38 bits per heavy atom. The van der Waals surface area contributed by atoms with E-state index in [1.54, 1.807) is 11.1 Å². The highest BCUT2D eigenvalue weighted by molar-refractivity contribution is 5.91. The van der Waals surface area contributed by atoms with Crippen LogP contribution in [0.4, 0.5) is 10.6 Å². The lowest BCUT2D eigenvalue weighted by atomic mass is 10.2. The summed E-state index contributed by atoms with van der Waals surface area (Å²) in [6.07, 6.45) is 2.62. The first kappa shape index (κ1) is 12.7. The highest BCUT2D eigenvalue weighted by Crippen LogP contribution is 2.14. The molecule has 0 bridgehead atoms. The molecule has 0 spiro atoms. The zero-order valence-electron chi connectivity index (χ0n) is 8.85. The maximum Gasteiger partial charge on any atom is 0.323 e. The summed E-state index contributed by atoms with van der Waals surface area (Å²) in [5, 5.41) is 2.78. The summed E-state index contributed by atoms with van der Waals surface area (Å²) in [6.45, 7) is 1.92. The second-order valence-corrected chi connectivity index (χ2v) is 3.46. The second kappa shape index (κ2) is 5.67. The molecule has 1 aromatic heterocycles. The number of halogens is 1. The molecule has 0 aliphatic carbocycles. The van der Waals surface area contributed by atoms with Crippen LogP contribution in [0.15, 0.2) is 18.3 Å². The second-order valence-electron chi connectivity index (χ2n) is 3.46. The smallest absolute Gasteiger partial charge is 0.323 e. The molecule has 1 aliphatic heterocycles. The van der Waals surface area contributed by atoms with Gasteiger partial charge in [-0.15, -0.1) is 12.4 Å². The van der Waals surface area contributed by atoms with Crippen molar-refractivity contribution in [2.45, 2.75) is 13.0 Å². The fourth-order valence-electron chi connectivity index (χ4n) is 1.58. The van der Waals surface area contributed by atoms with Crippen molar-refractivity contribution >= 4 is 24.3 Å². The van der Waals surface area contributed by atoms with Crippen LogP contribution >= 0.6 is 12.4 Å². The highest BCUT2D eigenvalue weighted by atomic mass is 35.5. The molecule has 1 saturated heterocycles. The van der Waals surface area contributed by atoms with Crippen molar-refractivity contribution in [2.24, 2.45) is 5.73 Å². The normalized spacial score (nSPS) is 15.3. The van der Waals surface area contributed by atoms with E-state index in [4.69, 9.17) is 5.73 Å². The number of nitrogens with two attached hydrogens (primary N) is 1. The summed E-state index contributed by atoms with van der Waals surface area (Å²) < 4.78 is 0. The Hall–Kier alpha value is -1.33. The Morgan fingerprint density at radius 3 is 3.06 bits per heavy atom. The zero-order valence-corrected chi connectivity index (χ0v) is 9.67. The molecule has 1 fully saturated rings. The van der Waals surface area contributed by atoms with Crippen LogP contribution in [0.25, 0.3) is 0 Å². The van der Waals surface area contributed by atoms with E-state index in [0.29, 0.717) is 18.9 Å². The molecule has 2 amide bonds. The van der Waals surface area contributed by atoms with Gasteiger partial charge in [0, 0.05) is 25.8 Å². The van der Waals surface area contributed by atoms with Gasteiger partial charge in [-0.3, -0.25) is 4.90 Å². The van der Waals surface area contributed by atoms with E-state index in [0.717, 1.165) is 18.5 Å². The van der Waals surface area contributed by atoms with E-state index < -0.39 is 0 Å². The van der Waals surface area contributed by atoms with Crippen LogP contribution in [0.2, 0.25) is 0 Å². The van der Waals surface area contributed by atoms with Gasteiger partial charge in [0.15, 0.2) is 0 Å². The number of carbonyl (C=O) groups is 1. The molecule has 0 unspecified atom stereocenters. The molecule has 2 rings (SSSR count). The van der Waals surface area contributed by atoms with Gasteiger partial charge in [-0.25, -0.2) is 9.78 Å². The van der Waals surface area contributed by atoms with Gasteiger partial charge in [0.2, 0.25) is 0 Å². The number of urea groups is 1. The predicted molar refractivity (Wildman–Crippen MR) is 64.7 cm³/mol. The Morgan fingerprint density at radius 1 is 1.56 bits per heavy atom. The molecule has 2 heterocycles. The minimum absolute atomic E-state index is 0. The summed E-state index contributed by atoms with van der Waals surface area (Å²) in [4.78, 5) is 17.4. The number of pyridine rings is 1. The minimum atomic E-state index is -0.0806. The van der Waals surface area contributed by atoms with Gasteiger partial charge in [0.25, 0.3) is 0 Å². The van der Waals surface area contributed by atoms with Crippen LogP contribution in [-0.2, 0) is 6.54 Å². The van der Waals surface area contributed by atoms with Gasteiger partial charge in [-0.05, 0) is 24.1 Å². The number of anilines is 1. The van der Waals surface area contributed by atoms with E-state index in [1.165, 1.54) is 0 Å². The first-order valence-corrected chi connectivity index (χ1v) is 5.01. The van der Waals surface area contributed by atoms with Crippen molar-refractivity contribution in [3.05, 3.63) is 23.9 Å². The van der Waals surface area contributed by atoms with Gasteiger partial charge in [0.05, 0.1) is 0 Å². The third-order valence-corrected chi connectivity index (χ3v) is 2.40. The van der Waals surface area contributed by atoms with Crippen LogP contribution < -0.4 is 16.0 Å². The van der Waals surface area contributed by atoms with Gasteiger partial charge < -0.3 is 11.1 Å². The molecule has 3 N–H and O–H groups in total. The van der Waals surface area contributed by atoms with Crippen LogP contribution in [0.1, 0.15) is 12.0 Å². The zero-order chi connectivity index (χ0) is 10.7. The maximum absolute atomic E-state index is 11.5. The summed E-state index contributed by atoms with van der Waals surface area (Å²) in [5.74, 6) is 0.676. The summed E-state index contributed by atoms with van der Waals surface area (Å²) >= 11 is 0. The number of amides is 2. The van der Waals surface area contributed by atoms with Crippen molar-refractivity contribution in [1.29, 1.82) is 0 Å². The average molecular weight is 243 g/mol. The van der Waals surface area contributed by atoms with Crippen LogP contribution in [-0.4, -0.2) is 24.1 Å². The fourth-order valence-corrected chi connectivity index (χ4v) is 1.58. The summed E-state index contributed by atoms with van der Waals surface area (Å²) in [5.41, 5.74) is 6.52. The Bertz CT molecular complexity index is 372. The Labute approximate surface area is 100 Å². The summed E-state index contributed by atoms with van der Waals surface area (Å²) in [7, 11) is 0. The summed E-state index contributed by atoms with van der Waals surface area (Å²) in [6, 6.07) is 3.62. The first-order valence-electron chi connectivity index (χ1n) is 5.01. The molecule has 5 nitrogen and oxygen atoms in total. The Balaban J connectivity index is 0.00000128. The van der Waals surface area contributed by atoms with E-state index in [9.17, 15) is 4.79 Å². The quantitative estimate of drug-likeness (QED) is 0.809. The predicted octanol–water partition coefficient (Wildman–Crippen LogP) is 0.882. The van der Waals surface area contributed by atoms with Gasteiger partial charge in [0.1, 0.15) is 5.82 Å². The standard InChI is InChI=1S/C10H14N4O.ClH/c11-7-8-2-4-12-9(6-8)14-5-1-3-13-10(14)15;/h2,4,6H,1,3,5,7,11H2,(H,13,15);1H. The van der Waals surface area contributed by atoms with Crippen LogP contribution in [0, 0.1) is 0 Å². The third-order valence-electron chi connectivity index (χ3n) is 2.40. The molecular weight excluding hydrogens is 228 g/mol. The molecule has 0 saturated carbocycles. The number of hydrogen-bond donors (Lipinski definition) is 2. The lowest BCUT2D eigenvalue weighted by Gasteiger charge is -2.26. The largest absolute Gasteiger partial charge is 0.338 e. The molecule has 1 aliphatic rings. The number of rotatable bonds is 2. The van der Waals surface area contributed by atoms with Crippen molar-refractivity contribution in [3.8, 4) is 0 Å². The molecule has 0 atom stereocenters. The monoisotopic (exact) mass is 242 g/mol. The Kier molecular flexibility index (Phi) is 4.52. The topological polar surface area (TPSA) is 71.2 Å². The molecule has 6 heteroatoms. The van der Waals surface area contributed by atoms with E-state index >= 15 is 0 Å². The third kappa shape index (κ3) is 2.62. The first-order chi connectivity index (χ1) is 7.31. The van der Waals surface area contributed by atoms with E-state index in [1.807, 2.05) is 12.1 Å². The van der Waals surface area contributed by atoms with Crippen molar-refractivity contribution in [2.75, 3.05) is 18.0 Å². The van der Waals surface area contributed by atoms with E-state index in [2.05, 4.69) is 10.3 Å². The molecule has 88 valence electrons. The molecule has 0 radical (unpaired) electrons. The lowest BCUT2D eigenvalue weighted by molar-refractivity contribution is 0.242. The number of nitrogens with zero attached hydrogens (tertiary/aromatic N) is 2. The highest BCUT2D eigenvalue weighted by Gasteiger charge is 2.19. The molecular formula is C10H15ClN4O. The SMILES string of the molecule is Cl.NCc1ccnc(N2CCCNC2=O)c1. The van der Waals surface area contributed by atoms with E-state index in [-0.39, 0.29) is 18.4 Å². The maximum atomic E-state index is 11.5. The van der Waals surface area contributed by atoms with Gasteiger partial charge >= 0.3 is 6.03 Å². The van der Waals surface area contributed by atoms with Gasteiger partial charge in [-0.2, -0.15) is 0 Å².